The second kappa shape index (κ2) is 7.92. The fourth-order valence-electron chi connectivity index (χ4n) is 1.83. The van der Waals surface area contributed by atoms with Gasteiger partial charge in [0, 0.05) is 13.0 Å². The first-order valence-corrected chi connectivity index (χ1v) is 6.86. The zero-order valence-corrected chi connectivity index (χ0v) is 11.6. The van der Waals surface area contributed by atoms with E-state index in [1.54, 1.807) is 0 Å². The topological polar surface area (TPSA) is 29.1 Å². The molecule has 0 aromatic heterocycles. The summed E-state index contributed by atoms with van der Waals surface area (Å²) in [6, 6.07) is 5.04. The molecule has 1 N–H and O–H groups in total. The summed E-state index contributed by atoms with van der Waals surface area (Å²) in [5.74, 6) is 0.00496. The molecular formula is C15H20F3NO. The quantitative estimate of drug-likeness (QED) is 0.756. The summed E-state index contributed by atoms with van der Waals surface area (Å²) in [4.78, 5) is 11.4. The minimum atomic E-state index is -4.30. The van der Waals surface area contributed by atoms with Crippen LogP contribution in [0.2, 0.25) is 0 Å². The number of carbonyl (C=O) groups excluding carboxylic acids is 1. The van der Waals surface area contributed by atoms with Crippen molar-refractivity contribution in [1.82, 2.24) is 5.32 Å². The van der Waals surface area contributed by atoms with Gasteiger partial charge in [-0.2, -0.15) is 13.2 Å². The molecule has 0 saturated heterocycles. The Bertz CT molecular complexity index is 412. The molecular weight excluding hydrogens is 267 g/mol. The lowest BCUT2D eigenvalue weighted by Crippen LogP contribution is -2.25. The van der Waals surface area contributed by atoms with Crippen LogP contribution in [0.25, 0.3) is 0 Å². The lowest BCUT2D eigenvalue weighted by atomic mass is 10.1. The van der Waals surface area contributed by atoms with Gasteiger partial charge in [0.2, 0.25) is 5.91 Å². The molecule has 1 aromatic rings. The number of halogens is 3. The number of nitrogens with one attached hydrogen (secondary N) is 1. The molecule has 5 heteroatoms. The van der Waals surface area contributed by atoms with Gasteiger partial charge in [0.1, 0.15) is 0 Å². The van der Waals surface area contributed by atoms with Crippen molar-refractivity contribution in [3.8, 4) is 0 Å². The number of amides is 1. The number of rotatable bonds is 7. The minimum Gasteiger partial charge on any atom is -0.356 e. The highest BCUT2D eigenvalue weighted by atomic mass is 19.4. The number of benzene rings is 1. The maximum Gasteiger partial charge on any atom is 0.416 e. The molecule has 0 aliphatic carbocycles. The second-order valence-corrected chi connectivity index (χ2v) is 4.75. The zero-order valence-electron chi connectivity index (χ0n) is 11.6. The Labute approximate surface area is 117 Å². The third kappa shape index (κ3) is 6.08. The Morgan fingerprint density at radius 3 is 2.35 bits per heavy atom. The first kappa shape index (κ1) is 16.5. The molecule has 0 aliphatic heterocycles. The van der Waals surface area contributed by atoms with E-state index in [9.17, 15) is 18.0 Å². The Morgan fingerprint density at radius 1 is 1.15 bits per heavy atom. The van der Waals surface area contributed by atoms with E-state index in [2.05, 4.69) is 12.2 Å². The minimum absolute atomic E-state index is 0.00496. The molecule has 0 radical (unpaired) electrons. The average Bonchev–Trinajstić information content (AvgIpc) is 2.38. The highest BCUT2D eigenvalue weighted by Crippen LogP contribution is 2.29. The van der Waals surface area contributed by atoms with Crippen LogP contribution in [-0.4, -0.2) is 12.5 Å². The van der Waals surface area contributed by atoms with Crippen molar-refractivity contribution in [3.05, 3.63) is 35.4 Å². The van der Waals surface area contributed by atoms with Crippen LogP contribution >= 0.6 is 0 Å². The van der Waals surface area contributed by atoms with Crippen LogP contribution in [0.15, 0.2) is 24.3 Å². The molecule has 0 aliphatic rings. The zero-order chi connectivity index (χ0) is 15.0. The van der Waals surface area contributed by atoms with E-state index in [1.807, 2.05) is 0 Å². The first-order chi connectivity index (χ1) is 9.43. The summed E-state index contributed by atoms with van der Waals surface area (Å²) in [6.45, 7) is 2.53. The summed E-state index contributed by atoms with van der Waals surface area (Å²) in [7, 11) is 0. The Balaban J connectivity index is 2.30. The number of unbranched alkanes of at least 4 members (excludes halogenated alkanes) is 2. The van der Waals surface area contributed by atoms with Crippen LogP contribution in [0, 0.1) is 0 Å². The fourth-order valence-corrected chi connectivity index (χ4v) is 1.83. The van der Waals surface area contributed by atoms with E-state index in [4.69, 9.17) is 0 Å². The third-order valence-corrected chi connectivity index (χ3v) is 3.02. The molecule has 112 valence electrons. The molecule has 0 bridgehead atoms. The van der Waals surface area contributed by atoms with Crippen LogP contribution in [0.3, 0.4) is 0 Å². The molecule has 2 nitrogen and oxygen atoms in total. The van der Waals surface area contributed by atoms with Gasteiger partial charge in [0.05, 0.1) is 5.56 Å². The number of hydrogen-bond donors (Lipinski definition) is 1. The molecule has 0 unspecified atom stereocenters. The van der Waals surface area contributed by atoms with Crippen molar-refractivity contribution in [2.75, 3.05) is 6.54 Å². The van der Waals surface area contributed by atoms with Crippen molar-refractivity contribution in [2.45, 2.75) is 45.2 Å². The van der Waals surface area contributed by atoms with Crippen LogP contribution in [0.5, 0.6) is 0 Å². The van der Waals surface area contributed by atoms with Gasteiger partial charge in [-0.1, -0.05) is 31.9 Å². The SMILES string of the molecule is CCCCCC(=O)NCCc1ccc(C(F)(F)F)cc1. The summed E-state index contributed by atoms with van der Waals surface area (Å²) < 4.78 is 37.1. The first-order valence-electron chi connectivity index (χ1n) is 6.86. The van der Waals surface area contributed by atoms with Crippen LogP contribution in [0.4, 0.5) is 13.2 Å². The molecule has 1 amide bonds. The third-order valence-electron chi connectivity index (χ3n) is 3.02. The number of alkyl halides is 3. The van der Waals surface area contributed by atoms with Crippen molar-refractivity contribution in [1.29, 1.82) is 0 Å². The molecule has 0 heterocycles. The Morgan fingerprint density at radius 2 is 1.80 bits per heavy atom. The molecule has 1 rings (SSSR count). The normalized spacial score (nSPS) is 11.4. The lowest BCUT2D eigenvalue weighted by molar-refractivity contribution is -0.137. The van der Waals surface area contributed by atoms with Crippen molar-refractivity contribution >= 4 is 5.91 Å². The largest absolute Gasteiger partial charge is 0.416 e. The number of hydrogen-bond acceptors (Lipinski definition) is 1. The van der Waals surface area contributed by atoms with Crippen molar-refractivity contribution < 1.29 is 18.0 Å². The van der Waals surface area contributed by atoms with Gasteiger partial charge in [-0.15, -0.1) is 0 Å². The number of carbonyl (C=O) groups is 1. The van der Waals surface area contributed by atoms with Crippen LogP contribution in [-0.2, 0) is 17.4 Å². The van der Waals surface area contributed by atoms with E-state index in [0.717, 1.165) is 37.0 Å². The van der Waals surface area contributed by atoms with Crippen molar-refractivity contribution in [2.24, 2.45) is 0 Å². The maximum absolute atomic E-state index is 12.4. The highest BCUT2D eigenvalue weighted by molar-refractivity contribution is 5.75. The molecule has 0 fully saturated rings. The second-order valence-electron chi connectivity index (χ2n) is 4.75. The molecule has 0 saturated carbocycles. The standard InChI is InChI=1S/C15H20F3NO/c1-2-3-4-5-14(20)19-11-10-12-6-8-13(9-7-12)15(16,17)18/h6-9H,2-5,10-11H2,1H3,(H,19,20). The van der Waals surface area contributed by atoms with Gasteiger partial charge in [0.15, 0.2) is 0 Å². The molecule has 0 atom stereocenters. The molecule has 0 spiro atoms. The fraction of sp³-hybridized carbons (Fsp3) is 0.533. The maximum atomic E-state index is 12.4. The van der Waals surface area contributed by atoms with Gasteiger partial charge in [0.25, 0.3) is 0 Å². The van der Waals surface area contributed by atoms with E-state index in [0.29, 0.717) is 19.4 Å². The lowest BCUT2D eigenvalue weighted by Gasteiger charge is -2.08. The predicted molar refractivity (Wildman–Crippen MR) is 72.3 cm³/mol. The average molecular weight is 287 g/mol. The highest BCUT2D eigenvalue weighted by Gasteiger charge is 2.29. The predicted octanol–water partition coefficient (Wildman–Crippen LogP) is 3.94. The summed E-state index contributed by atoms with van der Waals surface area (Å²) >= 11 is 0. The Kier molecular flexibility index (Phi) is 6.55. The van der Waals surface area contributed by atoms with E-state index in [1.165, 1.54) is 12.1 Å². The summed E-state index contributed by atoms with van der Waals surface area (Å²) in [6.07, 6.45) is -0.266. The van der Waals surface area contributed by atoms with E-state index < -0.39 is 11.7 Å². The molecule has 20 heavy (non-hydrogen) atoms. The van der Waals surface area contributed by atoms with Gasteiger partial charge >= 0.3 is 6.18 Å². The molecule has 1 aromatic carbocycles. The van der Waals surface area contributed by atoms with Crippen LogP contribution in [0.1, 0.15) is 43.7 Å². The summed E-state index contributed by atoms with van der Waals surface area (Å²) in [5, 5.41) is 2.77. The smallest absolute Gasteiger partial charge is 0.356 e. The van der Waals surface area contributed by atoms with Crippen molar-refractivity contribution in [3.63, 3.8) is 0 Å². The van der Waals surface area contributed by atoms with Crippen LogP contribution < -0.4 is 5.32 Å². The van der Waals surface area contributed by atoms with Gasteiger partial charge < -0.3 is 5.32 Å². The van der Waals surface area contributed by atoms with Gasteiger partial charge in [-0.05, 0) is 30.5 Å². The monoisotopic (exact) mass is 287 g/mol. The van der Waals surface area contributed by atoms with E-state index in [-0.39, 0.29) is 5.91 Å². The van der Waals surface area contributed by atoms with Gasteiger partial charge in [-0.25, -0.2) is 0 Å². The van der Waals surface area contributed by atoms with Gasteiger partial charge in [-0.3, -0.25) is 4.79 Å². The summed E-state index contributed by atoms with van der Waals surface area (Å²) in [5.41, 5.74) is 0.136. The Hall–Kier alpha value is -1.52. The van der Waals surface area contributed by atoms with E-state index >= 15 is 0 Å².